The fourth-order valence-corrected chi connectivity index (χ4v) is 1.22. The van der Waals surface area contributed by atoms with Crippen molar-refractivity contribution in [2.45, 2.75) is 27.3 Å². The van der Waals surface area contributed by atoms with Crippen LogP contribution in [0.15, 0.2) is 18.2 Å². The molecule has 0 fully saturated rings. The molecule has 1 aromatic rings. The van der Waals surface area contributed by atoms with Crippen LogP contribution in [0, 0.1) is 6.92 Å². The molecule has 0 saturated carbocycles. The van der Waals surface area contributed by atoms with Gasteiger partial charge in [0.25, 0.3) is 0 Å². The Morgan fingerprint density at radius 2 is 1.92 bits per heavy atom. The van der Waals surface area contributed by atoms with Crippen LogP contribution in [0.4, 0.5) is 0 Å². The summed E-state index contributed by atoms with van der Waals surface area (Å²) in [5, 5.41) is 0.766. The molecule has 2 N–H and O–H groups in total. The summed E-state index contributed by atoms with van der Waals surface area (Å²) in [5.74, 6) is 0. The average molecular weight is 186 g/mol. The van der Waals surface area contributed by atoms with E-state index >= 15 is 0 Å². The van der Waals surface area contributed by atoms with E-state index in [1.54, 1.807) is 0 Å². The minimum atomic E-state index is 0.519. The molecule has 68 valence electrons. The summed E-state index contributed by atoms with van der Waals surface area (Å²) in [4.78, 5) is 0. The first-order chi connectivity index (χ1) is 5.75. The highest BCUT2D eigenvalue weighted by molar-refractivity contribution is 6.31. The first-order valence-electron chi connectivity index (χ1n) is 4.19. The smallest absolute Gasteiger partial charge is 0.0453 e. The van der Waals surface area contributed by atoms with Crippen molar-refractivity contribution in [3.05, 3.63) is 34.3 Å². The summed E-state index contributed by atoms with van der Waals surface area (Å²) in [5.41, 5.74) is 7.67. The highest BCUT2D eigenvalue weighted by Gasteiger charge is 1.98. The monoisotopic (exact) mass is 185 g/mol. The molecule has 1 nitrogen and oxygen atoms in total. The van der Waals surface area contributed by atoms with Gasteiger partial charge in [-0.25, -0.2) is 0 Å². The maximum Gasteiger partial charge on any atom is 0.0453 e. The van der Waals surface area contributed by atoms with E-state index in [2.05, 4.69) is 0 Å². The number of aryl methyl sites for hydroxylation is 1. The van der Waals surface area contributed by atoms with E-state index in [9.17, 15) is 0 Å². The second-order valence-corrected chi connectivity index (χ2v) is 2.65. The minimum Gasteiger partial charge on any atom is -0.326 e. The SMILES string of the molecule is CC.Cc1cccc(Cl)c1CN. The fraction of sp³-hybridized carbons (Fsp3) is 0.400. The van der Waals surface area contributed by atoms with E-state index in [4.69, 9.17) is 17.3 Å². The van der Waals surface area contributed by atoms with E-state index in [0.717, 1.165) is 16.1 Å². The molecule has 0 saturated heterocycles. The van der Waals surface area contributed by atoms with E-state index < -0.39 is 0 Å². The summed E-state index contributed by atoms with van der Waals surface area (Å²) in [6.45, 7) is 6.53. The van der Waals surface area contributed by atoms with Gasteiger partial charge in [0.2, 0.25) is 0 Å². The third-order valence-electron chi connectivity index (χ3n) is 1.56. The molecule has 0 spiro atoms. The van der Waals surface area contributed by atoms with Crippen LogP contribution in [0.1, 0.15) is 25.0 Å². The number of halogens is 1. The van der Waals surface area contributed by atoms with Gasteiger partial charge in [-0.2, -0.15) is 0 Å². The second kappa shape index (κ2) is 6.04. The average Bonchev–Trinajstić information content (AvgIpc) is 2.08. The van der Waals surface area contributed by atoms with Gasteiger partial charge in [-0.1, -0.05) is 37.6 Å². The largest absolute Gasteiger partial charge is 0.326 e. The molecule has 12 heavy (non-hydrogen) atoms. The zero-order chi connectivity index (χ0) is 9.56. The Hall–Kier alpha value is -0.530. The van der Waals surface area contributed by atoms with Gasteiger partial charge in [-0.15, -0.1) is 0 Å². The van der Waals surface area contributed by atoms with Gasteiger partial charge in [-0.05, 0) is 24.1 Å². The Morgan fingerprint density at radius 1 is 1.33 bits per heavy atom. The lowest BCUT2D eigenvalue weighted by Gasteiger charge is -2.03. The van der Waals surface area contributed by atoms with E-state index in [1.165, 1.54) is 0 Å². The molecule has 0 aromatic heterocycles. The predicted octanol–water partition coefficient (Wildman–Crippen LogP) is 3.13. The summed E-state index contributed by atoms with van der Waals surface area (Å²) < 4.78 is 0. The summed E-state index contributed by atoms with van der Waals surface area (Å²) >= 11 is 5.85. The van der Waals surface area contributed by atoms with E-state index in [0.29, 0.717) is 6.54 Å². The lowest BCUT2D eigenvalue weighted by molar-refractivity contribution is 1.05. The number of benzene rings is 1. The van der Waals surface area contributed by atoms with Crippen molar-refractivity contribution in [3.63, 3.8) is 0 Å². The van der Waals surface area contributed by atoms with Crippen LogP contribution >= 0.6 is 11.6 Å². The molecular weight excluding hydrogens is 170 g/mol. The Balaban J connectivity index is 0.000000561. The summed E-state index contributed by atoms with van der Waals surface area (Å²) in [7, 11) is 0. The van der Waals surface area contributed by atoms with Crippen molar-refractivity contribution in [1.29, 1.82) is 0 Å². The van der Waals surface area contributed by atoms with Gasteiger partial charge < -0.3 is 5.73 Å². The Bertz CT molecular complexity index is 213. The van der Waals surface area contributed by atoms with Gasteiger partial charge in [-0.3, -0.25) is 0 Å². The molecule has 0 unspecified atom stereocenters. The van der Waals surface area contributed by atoms with Crippen molar-refractivity contribution in [3.8, 4) is 0 Å². The van der Waals surface area contributed by atoms with Crippen LogP contribution in [0.5, 0.6) is 0 Å². The minimum absolute atomic E-state index is 0.519. The van der Waals surface area contributed by atoms with Crippen LogP contribution in [0.25, 0.3) is 0 Å². The molecule has 0 atom stereocenters. The third-order valence-corrected chi connectivity index (χ3v) is 1.91. The summed E-state index contributed by atoms with van der Waals surface area (Å²) in [6.07, 6.45) is 0. The van der Waals surface area contributed by atoms with Crippen LogP contribution in [-0.4, -0.2) is 0 Å². The molecular formula is C10H16ClN. The van der Waals surface area contributed by atoms with Gasteiger partial charge in [0.1, 0.15) is 0 Å². The van der Waals surface area contributed by atoms with Crippen molar-refractivity contribution in [1.82, 2.24) is 0 Å². The highest BCUT2D eigenvalue weighted by Crippen LogP contribution is 2.17. The zero-order valence-electron chi connectivity index (χ0n) is 7.89. The Kier molecular flexibility index (Phi) is 5.77. The molecule has 1 rings (SSSR count). The molecule has 1 aromatic carbocycles. The molecule has 0 aliphatic rings. The standard InChI is InChI=1S/C8H10ClN.C2H6/c1-6-3-2-4-8(9)7(6)5-10;1-2/h2-4H,5,10H2,1H3;1-2H3. The van der Waals surface area contributed by atoms with Crippen molar-refractivity contribution >= 4 is 11.6 Å². The predicted molar refractivity (Wildman–Crippen MR) is 55.4 cm³/mol. The second-order valence-electron chi connectivity index (χ2n) is 2.24. The lowest BCUT2D eigenvalue weighted by Crippen LogP contribution is -1.99. The van der Waals surface area contributed by atoms with Crippen LogP contribution in [0.2, 0.25) is 5.02 Å². The van der Waals surface area contributed by atoms with Gasteiger partial charge in [0.15, 0.2) is 0 Å². The number of nitrogens with two attached hydrogens (primary N) is 1. The zero-order valence-corrected chi connectivity index (χ0v) is 8.65. The van der Waals surface area contributed by atoms with Crippen LogP contribution < -0.4 is 5.73 Å². The van der Waals surface area contributed by atoms with Crippen molar-refractivity contribution in [2.24, 2.45) is 5.73 Å². The quantitative estimate of drug-likeness (QED) is 0.715. The van der Waals surface area contributed by atoms with Crippen LogP contribution in [0.3, 0.4) is 0 Å². The maximum absolute atomic E-state index is 5.85. The number of hydrogen-bond acceptors (Lipinski definition) is 1. The molecule has 0 aliphatic carbocycles. The first kappa shape index (κ1) is 11.5. The number of rotatable bonds is 1. The van der Waals surface area contributed by atoms with E-state index in [1.807, 2.05) is 39.0 Å². The molecule has 0 amide bonds. The highest BCUT2D eigenvalue weighted by atomic mass is 35.5. The molecule has 0 bridgehead atoms. The van der Waals surface area contributed by atoms with Gasteiger partial charge in [0, 0.05) is 11.6 Å². The van der Waals surface area contributed by atoms with Crippen molar-refractivity contribution in [2.75, 3.05) is 0 Å². The topological polar surface area (TPSA) is 26.0 Å². The molecule has 0 aliphatic heterocycles. The summed E-state index contributed by atoms with van der Waals surface area (Å²) in [6, 6.07) is 5.79. The fourth-order valence-electron chi connectivity index (χ4n) is 0.925. The first-order valence-corrected chi connectivity index (χ1v) is 4.57. The van der Waals surface area contributed by atoms with E-state index in [-0.39, 0.29) is 0 Å². The Morgan fingerprint density at radius 3 is 2.25 bits per heavy atom. The van der Waals surface area contributed by atoms with Gasteiger partial charge in [0.05, 0.1) is 0 Å². The van der Waals surface area contributed by atoms with Crippen LogP contribution in [-0.2, 0) is 6.54 Å². The molecule has 0 radical (unpaired) electrons. The normalized spacial score (nSPS) is 8.75. The molecule has 0 heterocycles. The Labute approximate surface area is 79.5 Å². The maximum atomic E-state index is 5.85. The van der Waals surface area contributed by atoms with Gasteiger partial charge >= 0.3 is 0 Å². The molecule has 2 heteroatoms. The third kappa shape index (κ3) is 2.84. The van der Waals surface area contributed by atoms with Crippen molar-refractivity contribution < 1.29 is 0 Å². The lowest BCUT2D eigenvalue weighted by atomic mass is 10.1. The number of hydrogen-bond donors (Lipinski definition) is 1.